The Morgan fingerprint density at radius 2 is 2.25 bits per heavy atom. The summed E-state index contributed by atoms with van der Waals surface area (Å²) in [5.74, 6) is 0. The molecule has 0 aliphatic rings. The lowest BCUT2D eigenvalue weighted by atomic mass is 10.5. The highest BCUT2D eigenvalue weighted by atomic mass is 79.9. The molecule has 0 aliphatic heterocycles. The van der Waals surface area contributed by atoms with Crippen molar-refractivity contribution in [3.05, 3.63) is 0 Å². The van der Waals surface area contributed by atoms with Gasteiger partial charge < -0.3 is 9.84 Å². The second kappa shape index (κ2) is 4.30. The Labute approximate surface area is 58.0 Å². The van der Waals surface area contributed by atoms with Gasteiger partial charge in [0.15, 0.2) is 6.29 Å². The predicted molar refractivity (Wildman–Crippen MR) is 35.8 cm³/mol. The van der Waals surface area contributed by atoms with Gasteiger partial charge in [0.1, 0.15) is 5.01 Å². The number of alkyl halides is 1. The molecule has 0 aliphatic carbocycles. The highest BCUT2D eigenvalue weighted by Gasteiger charge is 2.02. The zero-order chi connectivity index (χ0) is 6.57. The van der Waals surface area contributed by atoms with Crippen LogP contribution in [-0.2, 0) is 4.74 Å². The minimum absolute atomic E-state index is 0.0579. The molecule has 8 heavy (non-hydrogen) atoms. The van der Waals surface area contributed by atoms with Crippen LogP contribution in [0.3, 0.4) is 0 Å². The highest BCUT2D eigenvalue weighted by molar-refractivity contribution is 9.09. The standard InChI is InChI=1S/C5H11BrO2/c1-3-5(7)8-4(2)6/h4-5,7H,3H2,1-2H3. The van der Waals surface area contributed by atoms with Crippen LogP contribution in [0, 0.1) is 0 Å². The summed E-state index contributed by atoms with van der Waals surface area (Å²) in [5.41, 5.74) is 0. The van der Waals surface area contributed by atoms with Crippen molar-refractivity contribution in [1.29, 1.82) is 0 Å². The van der Waals surface area contributed by atoms with Crippen molar-refractivity contribution >= 4 is 15.9 Å². The summed E-state index contributed by atoms with van der Waals surface area (Å²) in [6.45, 7) is 3.68. The third-order valence-electron chi connectivity index (χ3n) is 0.694. The fraction of sp³-hybridized carbons (Fsp3) is 1.00. The molecule has 0 aromatic heterocycles. The van der Waals surface area contributed by atoms with E-state index in [2.05, 4.69) is 15.9 Å². The topological polar surface area (TPSA) is 29.5 Å². The second-order valence-electron chi connectivity index (χ2n) is 1.54. The lowest BCUT2D eigenvalue weighted by Crippen LogP contribution is -2.13. The summed E-state index contributed by atoms with van der Waals surface area (Å²) in [6.07, 6.45) is 0.0139. The molecule has 0 bridgehead atoms. The molecule has 2 unspecified atom stereocenters. The van der Waals surface area contributed by atoms with Crippen LogP contribution in [0.2, 0.25) is 0 Å². The smallest absolute Gasteiger partial charge is 0.155 e. The molecule has 0 saturated heterocycles. The summed E-state index contributed by atoms with van der Waals surface area (Å²) in [7, 11) is 0. The molecule has 2 nitrogen and oxygen atoms in total. The molecule has 0 aromatic rings. The Morgan fingerprint density at radius 1 is 1.75 bits per heavy atom. The molecule has 0 fully saturated rings. The largest absolute Gasteiger partial charge is 0.368 e. The normalized spacial score (nSPS) is 18.0. The fourth-order valence-corrected chi connectivity index (χ4v) is 0.562. The molecule has 0 saturated carbocycles. The first-order valence-electron chi connectivity index (χ1n) is 2.64. The molecule has 0 heterocycles. The molecule has 0 rings (SSSR count). The van der Waals surface area contributed by atoms with Gasteiger partial charge in [0.25, 0.3) is 0 Å². The maximum Gasteiger partial charge on any atom is 0.155 e. The minimum Gasteiger partial charge on any atom is -0.368 e. The third-order valence-corrected chi connectivity index (χ3v) is 0.910. The second-order valence-corrected chi connectivity index (χ2v) is 2.83. The van der Waals surface area contributed by atoms with Gasteiger partial charge in [0.05, 0.1) is 0 Å². The minimum atomic E-state index is -0.621. The average Bonchev–Trinajstić information content (AvgIpc) is 1.65. The quantitative estimate of drug-likeness (QED) is 0.530. The first-order chi connectivity index (χ1) is 3.66. The van der Waals surface area contributed by atoms with Gasteiger partial charge in [0, 0.05) is 0 Å². The summed E-state index contributed by atoms with van der Waals surface area (Å²) < 4.78 is 4.87. The van der Waals surface area contributed by atoms with E-state index >= 15 is 0 Å². The first kappa shape index (κ1) is 8.40. The van der Waals surface area contributed by atoms with Gasteiger partial charge in [-0.25, -0.2) is 0 Å². The van der Waals surface area contributed by atoms with E-state index in [1.54, 1.807) is 0 Å². The first-order valence-corrected chi connectivity index (χ1v) is 3.56. The molecule has 0 amide bonds. The van der Waals surface area contributed by atoms with E-state index < -0.39 is 6.29 Å². The van der Waals surface area contributed by atoms with Gasteiger partial charge in [-0.3, -0.25) is 0 Å². The summed E-state index contributed by atoms with van der Waals surface area (Å²) in [6, 6.07) is 0. The van der Waals surface area contributed by atoms with Crippen molar-refractivity contribution in [2.75, 3.05) is 0 Å². The zero-order valence-corrected chi connectivity index (χ0v) is 6.68. The lowest BCUT2D eigenvalue weighted by Gasteiger charge is -2.10. The van der Waals surface area contributed by atoms with Crippen molar-refractivity contribution in [2.45, 2.75) is 31.6 Å². The number of hydrogen-bond acceptors (Lipinski definition) is 2. The third kappa shape index (κ3) is 4.56. The van der Waals surface area contributed by atoms with Crippen molar-refractivity contribution in [1.82, 2.24) is 0 Å². The molecule has 1 N–H and O–H groups in total. The van der Waals surface area contributed by atoms with E-state index in [0.29, 0.717) is 6.42 Å². The molecular weight excluding hydrogens is 172 g/mol. The van der Waals surface area contributed by atoms with Crippen molar-refractivity contribution in [2.24, 2.45) is 0 Å². The Balaban J connectivity index is 3.10. The van der Waals surface area contributed by atoms with Gasteiger partial charge in [-0.05, 0) is 13.3 Å². The van der Waals surface area contributed by atoms with Crippen LogP contribution in [0.25, 0.3) is 0 Å². The Bertz CT molecular complexity index is 56.4. The van der Waals surface area contributed by atoms with E-state index in [1.165, 1.54) is 0 Å². The SMILES string of the molecule is CCC(O)OC(C)Br. The summed E-state index contributed by atoms with van der Waals surface area (Å²) >= 11 is 3.13. The number of rotatable bonds is 3. The predicted octanol–water partition coefficient (Wildman–Crippen LogP) is 1.47. The van der Waals surface area contributed by atoms with Gasteiger partial charge >= 0.3 is 0 Å². The van der Waals surface area contributed by atoms with Crippen LogP contribution >= 0.6 is 15.9 Å². The van der Waals surface area contributed by atoms with Crippen LogP contribution in [0.1, 0.15) is 20.3 Å². The van der Waals surface area contributed by atoms with E-state index in [0.717, 1.165) is 0 Å². The van der Waals surface area contributed by atoms with Crippen molar-refractivity contribution in [3.63, 3.8) is 0 Å². The van der Waals surface area contributed by atoms with Gasteiger partial charge in [-0.2, -0.15) is 0 Å². The average molecular weight is 183 g/mol. The summed E-state index contributed by atoms with van der Waals surface area (Å²) in [4.78, 5) is 0. The fourth-order valence-electron chi connectivity index (χ4n) is 0.313. The molecule has 0 radical (unpaired) electrons. The Kier molecular flexibility index (Phi) is 4.51. The van der Waals surface area contributed by atoms with E-state index in [-0.39, 0.29) is 5.01 Å². The molecule has 50 valence electrons. The van der Waals surface area contributed by atoms with E-state index in [1.807, 2.05) is 13.8 Å². The van der Waals surface area contributed by atoms with Crippen molar-refractivity contribution < 1.29 is 9.84 Å². The molecule has 0 spiro atoms. The summed E-state index contributed by atoms with van der Waals surface area (Å²) in [5, 5.41) is 8.72. The van der Waals surface area contributed by atoms with Crippen molar-refractivity contribution in [3.8, 4) is 0 Å². The molecule has 0 aromatic carbocycles. The molecule has 3 heteroatoms. The van der Waals surface area contributed by atoms with Crippen LogP contribution in [0.15, 0.2) is 0 Å². The van der Waals surface area contributed by atoms with E-state index in [9.17, 15) is 0 Å². The van der Waals surface area contributed by atoms with Gasteiger partial charge in [0.2, 0.25) is 0 Å². The number of halogens is 1. The van der Waals surface area contributed by atoms with Crippen LogP contribution in [0.4, 0.5) is 0 Å². The van der Waals surface area contributed by atoms with Crippen LogP contribution < -0.4 is 0 Å². The maximum absolute atomic E-state index is 8.78. The monoisotopic (exact) mass is 182 g/mol. The maximum atomic E-state index is 8.78. The number of ether oxygens (including phenoxy) is 1. The van der Waals surface area contributed by atoms with Gasteiger partial charge in [-0.15, -0.1) is 0 Å². The van der Waals surface area contributed by atoms with Gasteiger partial charge in [-0.1, -0.05) is 22.9 Å². The van der Waals surface area contributed by atoms with Crippen LogP contribution in [-0.4, -0.2) is 16.4 Å². The van der Waals surface area contributed by atoms with E-state index in [4.69, 9.17) is 9.84 Å². The van der Waals surface area contributed by atoms with Crippen LogP contribution in [0.5, 0.6) is 0 Å². The molecular formula is C5H11BrO2. The lowest BCUT2D eigenvalue weighted by molar-refractivity contribution is -0.104. The number of aliphatic hydroxyl groups excluding tert-OH is 1. The Morgan fingerprint density at radius 3 is 2.38 bits per heavy atom. The molecule has 2 atom stereocenters. The zero-order valence-electron chi connectivity index (χ0n) is 5.10. The number of aliphatic hydroxyl groups is 1. The highest BCUT2D eigenvalue weighted by Crippen LogP contribution is 2.03. The number of hydrogen-bond donors (Lipinski definition) is 1. The Hall–Kier alpha value is 0.400.